The maximum absolute atomic E-state index is 12.3. The van der Waals surface area contributed by atoms with E-state index in [1.807, 2.05) is 48.5 Å². The number of nitrogens with zero attached hydrogens (tertiary/aromatic N) is 1. The molecule has 0 spiro atoms. The van der Waals surface area contributed by atoms with Gasteiger partial charge in [0.1, 0.15) is 17.3 Å². The lowest BCUT2D eigenvalue weighted by molar-refractivity contribution is 0.0946. The second kappa shape index (κ2) is 9.87. The summed E-state index contributed by atoms with van der Waals surface area (Å²) in [6.07, 6.45) is 0. The highest BCUT2D eigenvalue weighted by Gasteiger charge is 2.12. The first-order valence-electron chi connectivity index (χ1n) is 8.74. The second-order valence-corrected chi connectivity index (χ2v) is 6.94. The van der Waals surface area contributed by atoms with Gasteiger partial charge in [0.15, 0.2) is 11.5 Å². The molecule has 146 valence electrons. The molecule has 7 heteroatoms. The fraction of sp³-hybridized carbons (Fsp3) is 0.238. The van der Waals surface area contributed by atoms with Gasteiger partial charge in [-0.15, -0.1) is 11.3 Å². The third-order valence-electron chi connectivity index (χ3n) is 3.97. The van der Waals surface area contributed by atoms with Crippen molar-refractivity contribution in [2.24, 2.45) is 0 Å². The zero-order valence-electron chi connectivity index (χ0n) is 15.8. The van der Waals surface area contributed by atoms with Gasteiger partial charge in [0.25, 0.3) is 5.91 Å². The quantitative estimate of drug-likeness (QED) is 0.594. The summed E-state index contributed by atoms with van der Waals surface area (Å²) in [5.74, 6) is 1.06. The highest BCUT2D eigenvalue weighted by molar-refractivity contribution is 7.09. The Morgan fingerprint density at radius 1 is 1.04 bits per heavy atom. The van der Waals surface area contributed by atoms with Crippen LogP contribution in [0.4, 0.5) is 0 Å². The van der Waals surface area contributed by atoms with Crippen LogP contribution in [0.1, 0.15) is 26.6 Å². The molecule has 0 aliphatic heterocycles. The van der Waals surface area contributed by atoms with Crippen molar-refractivity contribution in [3.8, 4) is 11.5 Å². The van der Waals surface area contributed by atoms with Crippen LogP contribution < -0.4 is 14.8 Å². The van der Waals surface area contributed by atoms with Crippen LogP contribution in [0.3, 0.4) is 0 Å². The average Bonchev–Trinajstić information content (AvgIpc) is 3.20. The molecule has 6 nitrogen and oxygen atoms in total. The maximum atomic E-state index is 12.3. The van der Waals surface area contributed by atoms with E-state index in [0.717, 1.165) is 16.1 Å². The minimum atomic E-state index is -0.220. The Labute approximate surface area is 168 Å². The number of amides is 1. The van der Waals surface area contributed by atoms with E-state index in [9.17, 15) is 4.79 Å². The van der Waals surface area contributed by atoms with Crippen molar-refractivity contribution >= 4 is 17.2 Å². The highest BCUT2D eigenvalue weighted by atomic mass is 32.1. The number of thiazole rings is 1. The van der Waals surface area contributed by atoms with Gasteiger partial charge in [-0.2, -0.15) is 0 Å². The zero-order chi connectivity index (χ0) is 19.8. The number of rotatable bonds is 9. The smallest absolute Gasteiger partial charge is 0.271 e. The Hall–Kier alpha value is -2.90. The van der Waals surface area contributed by atoms with Crippen molar-refractivity contribution in [2.75, 3.05) is 14.2 Å². The van der Waals surface area contributed by atoms with Crippen molar-refractivity contribution in [3.63, 3.8) is 0 Å². The van der Waals surface area contributed by atoms with Crippen LogP contribution >= 0.6 is 11.3 Å². The molecule has 3 rings (SSSR count). The average molecular weight is 398 g/mol. The van der Waals surface area contributed by atoms with Crippen molar-refractivity contribution in [1.82, 2.24) is 10.3 Å². The number of methoxy groups -OCH3 is 2. The van der Waals surface area contributed by atoms with Gasteiger partial charge in [-0.05, 0) is 23.3 Å². The Kier molecular flexibility index (Phi) is 7.00. The van der Waals surface area contributed by atoms with E-state index in [0.29, 0.717) is 37.0 Å². The zero-order valence-corrected chi connectivity index (χ0v) is 16.6. The third kappa shape index (κ3) is 5.31. The van der Waals surface area contributed by atoms with E-state index in [1.165, 1.54) is 11.3 Å². The van der Waals surface area contributed by atoms with E-state index in [-0.39, 0.29) is 5.91 Å². The van der Waals surface area contributed by atoms with E-state index < -0.39 is 0 Å². The Balaban J connectivity index is 1.59. The summed E-state index contributed by atoms with van der Waals surface area (Å²) in [6, 6.07) is 15.5. The fourth-order valence-electron chi connectivity index (χ4n) is 2.55. The molecule has 0 bridgehead atoms. The predicted octanol–water partition coefficient (Wildman–Crippen LogP) is 3.81. The number of aromatic nitrogens is 1. The molecule has 0 unspecified atom stereocenters. The number of benzene rings is 2. The number of ether oxygens (including phenoxy) is 3. The summed E-state index contributed by atoms with van der Waals surface area (Å²) in [7, 11) is 3.20. The lowest BCUT2D eigenvalue weighted by Gasteiger charge is -2.12. The molecular weight excluding hydrogens is 376 g/mol. The third-order valence-corrected chi connectivity index (χ3v) is 4.79. The molecular formula is C21H22N2O4S. The van der Waals surface area contributed by atoms with Crippen LogP contribution in [-0.4, -0.2) is 25.1 Å². The Morgan fingerprint density at radius 3 is 2.61 bits per heavy atom. The topological polar surface area (TPSA) is 69.7 Å². The van der Waals surface area contributed by atoms with Crippen LogP contribution in [-0.2, 0) is 24.5 Å². The largest absolute Gasteiger partial charge is 0.493 e. The van der Waals surface area contributed by atoms with Crippen molar-refractivity contribution in [1.29, 1.82) is 0 Å². The molecule has 1 aromatic heterocycles. The maximum Gasteiger partial charge on any atom is 0.271 e. The number of hydrogen-bond donors (Lipinski definition) is 1. The van der Waals surface area contributed by atoms with Gasteiger partial charge < -0.3 is 19.5 Å². The van der Waals surface area contributed by atoms with Crippen LogP contribution in [0.15, 0.2) is 53.9 Å². The molecule has 0 aliphatic rings. The molecule has 1 N–H and O–H groups in total. The van der Waals surface area contributed by atoms with Crippen molar-refractivity contribution in [2.45, 2.75) is 19.8 Å². The summed E-state index contributed by atoms with van der Waals surface area (Å²) in [5, 5.41) is 5.37. The highest BCUT2D eigenvalue weighted by Crippen LogP contribution is 2.29. The molecule has 0 saturated heterocycles. The minimum absolute atomic E-state index is 0.220. The number of nitrogens with one attached hydrogen (secondary N) is 1. The molecule has 0 saturated carbocycles. The predicted molar refractivity (Wildman–Crippen MR) is 108 cm³/mol. The standard InChI is InChI=1S/C21H22N2O4S/c1-25-13-20-23-17(14-28-20)21(24)22-11-16-8-9-18(19(10-16)26-2)27-12-15-6-4-3-5-7-15/h3-10,14H,11-13H2,1-2H3,(H,22,24). The summed E-state index contributed by atoms with van der Waals surface area (Å²) >= 11 is 1.40. The Bertz CT molecular complexity index is 912. The minimum Gasteiger partial charge on any atom is -0.493 e. The summed E-state index contributed by atoms with van der Waals surface area (Å²) in [4.78, 5) is 16.5. The monoisotopic (exact) mass is 398 g/mol. The fourth-order valence-corrected chi connectivity index (χ4v) is 3.30. The Morgan fingerprint density at radius 2 is 1.86 bits per heavy atom. The van der Waals surface area contributed by atoms with Gasteiger partial charge in [-0.1, -0.05) is 36.4 Å². The van der Waals surface area contributed by atoms with Crippen molar-refractivity contribution in [3.05, 3.63) is 75.7 Å². The van der Waals surface area contributed by atoms with E-state index in [1.54, 1.807) is 19.6 Å². The molecule has 0 fully saturated rings. The molecule has 1 amide bonds. The first kappa shape index (κ1) is 19.9. The second-order valence-electron chi connectivity index (χ2n) is 6.00. The summed E-state index contributed by atoms with van der Waals surface area (Å²) in [5.41, 5.74) is 2.38. The van der Waals surface area contributed by atoms with Crippen LogP contribution in [0, 0.1) is 0 Å². The van der Waals surface area contributed by atoms with Gasteiger partial charge >= 0.3 is 0 Å². The number of carbonyl (C=O) groups is 1. The van der Waals surface area contributed by atoms with Crippen LogP contribution in [0.5, 0.6) is 11.5 Å². The van der Waals surface area contributed by atoms with Gasteiger partial charge in [-0.3, -0.25) is 4.79 Å². The van der Waals surface area contributed by atoms with Crippen molar-refractivity contribution < 1.29 is 19.0 Å². The number of carbonyl (C=O) groups excluding carboxylic acids is 1. The summed E-state index contributed by atoms with van der Waals surface area (Å²) in [6.45, 7) is 1.23. The molecule has 0 atom stereocenters. The molecule has 28 heavy (non-hydrogen) atoms. The van der Waals surface area contributed by atoms with E-state index in [2.05, 4.69) is 10.3 Å². The van der Waals surface area contributed by atoms with E-state index >= 15 is 0 Å². The lowest BCUT2D eigenvalue weighted by atomic mass is 10.2. The summed E-state index contributed by atoms with van der Waals surface area (Å²) < 4.78 is 16.3. The van der Waals surface area contributed by atoms with Crippen LogP contribution in [0.25, 0.3) is 0 Å². The van der Waals surface area contributed by atoms with E-state index in [4.69, 9.17) is 14.2 Å². The first-order chi connectivity index (χ1) is 13.7. The molecule has 2 aromatic carbocycles. The van der Waals surface area contributed by atoms with Gasteiger partial charge in [0.2, 0.25) is 0 Å². The SMILES string of the molecule is COCc1nc(C(=O)NCc2ccc(OCc3ccccc3)c(OC)c2)cs1. The van der Waals surface area contributed by atoms with Gasteiger partial charge in [-0.25, -0.2) is 4.98 Å². The first-order valence-corrected chi connectivity index (χ1v) is 9.62. The normalized spacial score (nSPS) is 10.5. The lowest BCUT2D eigenvalue weighted by Crippen LogP contribution is -2.23. The number of hydrogen-bond acceptors (Lipinski definition) is 6. The van der Waals surface area contributed by atoms with Crippen LogP contribution in [0.2, 0.25) is 0 Å². The van der Waals surface area contributed by atoms with Gasteiger partial charge in [0, 0.05) is 19.0 Å². The molecule has 0 radical (unpaired) electrons. The van der Waals surface area contributed by atoms with Gasteiger partial charge in [0.05, 0.1) is 13.7 Å². The molecule has 0 aliphatic carbocycles. The molecule has 3 aromatic rings. The molecule has 1 heterocycles.